The van der Waals surface area contributed by atoms with Crippen LogP contribution in [0.2, 0.25) is 0 Å². The third-order valence-electron chi connectivity index (χ3n) is 3.13. The summed E-state index contributed by atoms with van der Waals surface area (Å²) in [4.78, 5) is 22.0. The molecule has 1 aliphatic rings. The monoisotopic (exact) mass is 244 g/mol. The molecule has 1 fully saturated rings. The van der Waals surface area contributed by atoms with Gasteiger partial charge in [-0.3, -0.25) is 4.79 Å². The van der Waals surface area contributed by atoms with Crippen molar-refractivity contribution >= 4 is 11.9 Å². The zero-order valence-corrected chi connectivity index (χ0v) is 10.2. The molecule has 17 heavy (non-hydrogen) atoms. The van der Waals surface area contributed by atoms with Crippen LogP contribution in [-0.4, -0.2) is 23.7 Å². The molecule has 0 aromatic heterocycles. The van der Waals surface area contributed by atoms with Gasteiger partial charge in [0.1, 0.15) is 0 Å². The second-order valence-electron chi connectivity index (χ2n) is 4.81. The molecule has 2 atom stereocenters. The lowest BCUT2D eigenvalue weighted by Crippen LogP contribution is -2.06. The van der Waals surface area contributed by atoms with Gasteiger partial charge in [-0.2, -0.15) is 4.39 Å². The maximum Gasteiger partial charge on any atom is 0.366 e. The lowest BCUT2D eigenvalue weighted by Gasteiger charge is -2.00. The third kappa shape index (κ3) is 2.84. The van der Waals surface area contributed by atoms with Gasteiger partial charge in [0.15, 0.2) is 0 Å². The van der Waals surface area contributed by atoms with E-state index in [9.17, 15) is 14.0 Å². The van der Waals surface area contributed by atoms with Crippen molar-refractivity contribution in [2.24, 2.45) is 17.3 Å². The van der Waals surface area contributed by atoms with Crippen LogP contribution in [0, 0.1) is 17.3 Å². The van der Waals surface area contributed by atoms with Crippen molar-refractivity contribution in [1.29, 1.82) is 0 Å². The highest BCUT2D eigenvalue weighted by atomic mass is 19.1. The van der Waals surface area contributed by atoms with Crippen LogP contribution in [0.15, 0.2) is 11.9 Å². The maximum atomic E-state index is 13.4. The summed E-state index contributed by atoms with van der Waals surface area (Å²) in [6.07, 6.45) is 1.68. The lowest BCUT2D eigenvalue weighted by atomic mass is 10.1. The van der Waals surface area contributed by atoms with Crippen molar-refractivity contribution in [2.75, 3.05) is 6.61 Å². The fraction of sp³-hybridized carbons (Fsp3) is 0.667. The SMILES string of the molecule is CCCOC(=O)C(F)=CC1C(C(=O)O)C1(C)C. The van der Waals surface area contributed by atoms with Crippen molar-refractivity contribution in [1.82, 2.24) is 0 Å². The number of esters is 1. The molecule has 5 heteroatoms. The predicted molar refractivity (Wildman–Crippen MR) is 58.8 cm³/mol. The van der Waals surface area contributed by atoms with Crippen LogP contribution >= 0.6 is 0 Å². The Labute approximate surface area is 99.5 Å². The minimum Gasteiger partial charge on any atom is -0.481 e. The molecule has 0 aromatic carbocycles. The number of aliphatic carboxylic acids is 1. The lowest BCUT2D eigenvalue weighted by molar-refractivity contribution is -0.141. The van der Waals surface area contributed by atoms with Gasteiger partial charge in [-0.05, 0) is 23.8 Å². The van der Waals surface area contributed by atoms with Gasteiger partial charge in [0, 0.05) is 0 Å². The summed E-state index contributed by atoms with van der Waals surface area (Å²) >= 11 is 0. The molecule has 0 bridgehead atoms. The van der Waals surface area contributed by atoms with E-state index in [1.54, 1.807) is 20.8 Å². The standard InChI is InChI=1S/C12H17FO4/c1-4-5-17-11(16)8(13)6-7-9(10(14)15)12(7,2)3/h6-7,9H,4-5H2,1-3H3,(H,14,15). The molecule has 0 spiro atoms. The first-order valence-electron chi connectivity index (χ1n) is 5.59. The Bertz CT molecular complexity index is 360. The molecule has 0 amide bonds. The van der Waals surface area contributed by atoms with Crippen molar-refractivity contribution in [3.63, 3.8) is 0 Å². The predicted octanol–water partition coefficient (Wildman–Crippen LogP) is 2.15. The van der Waals surface area contributed by atoms with Gasteiger partial charge in [-0.1, -0.05) is 20.8 Å². The average molecular weight is 244 g/mol. The molecule has 0 aliphatic heterocycles. The van der Waals surface area contributed by atoms with Crippen LogP contribution in [-0.2, 0) is 14.3 Å². The Hall–Kier alpha value is -1.39. The van der Waals surface area contributed by atoms with Crippen LogP contribution in [0.25, 0.3) is 0 Å². The second kappa shape index (κ2) is 4.85. The van der Waals surface area contributed by atoms with E-state index in [0.717, 1.165) is 6.08 Å². The highest BCUT2D eigenvalue weighted by molar-refractivity contribution is 5.86. The van der Waals surface area contributed by atoms with Crippen molar-refractivity contribution < 1.29 is 23.8 Å². The first kappa shape index (κ1) is 13.7. The van der Waals surface area contributed by atoms with E-state index in [0.29, 0.717) is 6.42 Å². The van der Waals surface area contributed by atoms with Gasteiger partial charge in [0.25, 0.3) is 0 Å². The van der Waals surface area contributed by atoms with Crippen molar-refractivity contribution in [3.05, 3.63) is 11.9 Å². The van der Waals surface area contributed by atoms with E-state index < -0.39 is 35.0 Å². The van der Waals surface area contributed by atoms with E-state index in [1.807, 2.05) is 0 Å². The van der Waals surface area contributed by atoms with Crippen molar-refractivity contribution in [2.45, 2.75) is 27.2 Å². The smallest absolute Gasteiger partial charge is 0.366 e. The van der Waals surface area contributed by atoms with Crippen LogP contribution in [0.3, 0.4) is 0 Å². The molecule has 1 rings (SSSR count). The number of carbonyl (C=O) groups excluding carboxylic acids is 1. The summed E-state index contributed by atoms with van der Waals surface area (Å²) < 4.78 is 18.0. The van der Waals surface area contributed by atoms with Crippen LogP contribution in [0.5, 0.6) is 0 Å². The number of ether oxygens (including phenoxy) is 1. The fourth-order valence-corrected chi connectivity index (χ4v) is 1.95. The first-order chi connectivity index (χ1) is 7.82. The molecule has 4 nitrogen and oxygen atoms in total. The van der Waals surface area contributed by atoms with Crippen molar-refractivity contribution in [3.8, 4) is 0 Å². The van der Waals surface area contributed by atoms with Gasteiger partial charge in [-0.15, -0.1) is 0 Å². The molecule has 0 heterocycles. The Morgan fingerprint density at radius 3 is 2.47 bits per heavy atom. The Morgan fingerprint density at radius 1 is 1.47 bits per heavy atom. The summed E-state index contributed by atoms with van der Waals surface area (Å²) in [7, 11) is 0. The number of carbonyl (C=O) groups is 2. The highest BCUT2D eigenvalue weighted by Gasteiger charge is 2.61. The van der Waals surface area contributed by atoms with Gasteiger partial charge < -0.3 is 9.84 Å². The third-order valence-corrected chi connectivity index (χ3v) is 3.13. The number of rotatable bonds is 5. The Morgan fingerprint density at radius 2 is 2.06 bits per heavy atom. The minimum absolute atomic E-state index is 0.163. The zero-order chi connectivity index (χ0) is 13.2. The number of carboxylic acids is 1. The second-order valence-corrected chi connectivity index (χ2v) is 4.81. The minimum atomic E-state index is -1.02. The zero-order valence-electron chi connectivity index (χ0n) is 10.2. The quantitative estimate of drug-likeness (QED) is 0.594. The largest absolute Gasteiger partial charge is 0.481 e. The average Bonchev–Trinajstić information content (AvgIpc) is 2.76. The molecule has 1 N–H and O–H groups in total. The van der Waals surface area contributed by atoms with Crippen LogP contribution in [0.4, 0.5) is 4.39 Å². The van der Waals surface area contributed by atoms with Gasteiger partial charge in [0.2, 0.25) is 5.83 Å². The number of halogens is 1. The molecule has 2 unspecified atom stereocenters. The molecule has 1 aliphatic carbocycles. The van der Waals surface area contributed by atoms with Gasteiger partial charge in [-0.25, -0.2) is 4.79 Å². The molecular formula is C12H17FO4. The van der Waals surface area contributed by atoms with E-state index in [2.05, 4.69) is 4.74 Å². The first-order valence-corrected chi connectivity index (χ1v) is 5.59. The molecule has 0 aromatic rings. The van der Waals surface area contributed by atoms with Gasteiger partial charge >= 0.3 is 11.9 Å². The number of allylic oxidation sites excluding steroid dienone is 1. The summed E-state index contributed by atoms with van der Waals surface area (Å²) in [6.45, 7) is 5.44. The van der Waals surface area contributed by atoms with E-state index >= 15 is 0 Å². The number of hydrogen-bond acceptors (Lipinski definition) is 3. The topological polar surface area (TPSA) is 63.6 Å². The number of carboxylic acid groups (broad SMARTS) is 1. The van der Waals surface area contributed by atoms with Gasteiger partial charge in [0.05, 0.1) is 12.5 Å². The molecule has 96 valence electrons. The van der Waals surface area contributed by atoms with E-state index in [1.165, 1.54) is 0 Å². The van der Waals surface area contributed by atoms with Crippen LogP contribution < -0.4 is 0 Å². The van der Waals surface area contributed by atoms with E-state index in [4.69, 9.17) is 5.11 Å². The summed E-state index contributed by atoms with van der Waals surface area (Å²) in [6, 6.07) is 0. The number of hydrogen-bond donors (Lipinski definition) is 1. The summed E-state index contributed by atoms with van der Waals surface area (Å²) in [5.41, 5.74) is -0.506. The van der Waals surface area contributed by atoms with Crippen LogP contribution in [0.1, 0.15) is 27.2 Å². The molecular weight excluding hydrogens is 227 g/mol. The maximum absolute atomic E-state index is 13.4. The Kier molecular flexibility index (Phi) is 3.91. The fourth-order valence-electron chi connectivity index (χ4n) is 1.95. The molecule has 0 radical (unpaired) electrons. The molecule has 0 saturated heterocycles. The highest BCUT2D eigenvalue weighted by Crippen LogP contribution is 2.59. The molecule has 1 saturated carbocycles. The van der Waals surface area contributed by atoms with E-state index in [-0.39, 0.29) is 6.61 Å². The summed E-state index contributed by atoms with van der Waals surface area (Å²) in [5.74, 6) is -4.06. The Balaban J connectivity index is 2.65. The summed E-state index contributed by atoms with van der Waals surface area (Å²) in [5, 5.41) is 8.88. The normalized spacial score (nSPS) is 26.5.